The zero-order valence-electron chi connectivity index (χ0n) is 12.6. The Kier molecular flexibility index (Phi) is 3.91. The summed E-state index contributed by atoms with van der Waals surface area (Å²) in [6, 6.07) is 14.0. The number of aromatic nitrogens is 2. The Bertz CT molecular complexity index is 1260. The first-order valence-electron chi connectivity index (χ1n) is 7.28. The van der Waals surface area contributed by atoms with Gasteiger partial charge in [-0.3, -0.25) is 14.0 Å². The number of para-hydroxylation sites is 1. The molecule has 0 saturated carbocycles. The lowest BCUT2D eigenvalue weighted by Crippen LogP contribution is -2.14. The summed E-state index contributed by atoms with van der Waals surface area (Å²) in [6.45, 7) is 0. The van der Waals surface area contributed by atoms with Gasteiger partial charge in [0.15, 0.2) is 3.95 Å². The van der Waals surface area contributed by atoms with Crippen LogP contribution in [0.2, 0.25) is 5.02 Å². The average Bonchev–Trinajstić information content (AvgIpc) is 2.92. The second-order valence-corrected chi connectivity index (χ2v) is 7.40. The van der Waals surface area contributed by atoms with E-state index in [0.29, 0.717) is 36.1 Å². The van der Waals surface area contributed by atoms with E-state index >= 15 is 0 Å². The zero-order valence-corrected chi connectivity index (χ0v) is 15.0. The fourth-order valence-electron chi connectivity index (χ4n) is 2.65. The highest BCUT2D eigenvalue weighted by molar-refractivity contribution is 7.73. The van der Waals surface area contributed by atoms with Gasteiger partial charge in [-0.25, -0.2) is 0 Å². The molecule has 2 aromatic heterocycles. The molecule has 0 aliphatic carbocycles. The summed E-state index contributed by atoms with van der Waals surface area (Å²) in [5, 5.41) is 3.82. The van der Waals surface area contributed by atoms with Crippen LogP contribution < -0.4 is 10.9 Å². The van der Waals surface area contributed by atoms with Crippen LogP contribution in [0.3, 0.4) is 0 Å². The van der Waals surface area contributed by atoms with Gasteiger partial charge in [-0.05, 0) is 42.5 Å². The van der Waals surface area contributed by atoms with Crippen LogP contribution in [-0.4, -0.2) is 15.3 Å². The molecule has 0 radical (unpaired) electrons. The Morgan fingerprint density at radius 2 is 2.00 bits per heavy atom. The highest BCUT2D eigenvalue weighted by Gasteiger charge is 2.18. The Morgan fingerprint density at radius 3 is 2.80 bits per heavy atom. The van der Waals surface area contributed by atoms with Gasteiger partial charge in [-0.15, -0.1) is 0 Å². The molecule has 2 aromatic carbocycles. The number of halogens is 1. The zero-order chi connectivity index (χ0) is 17.6. The van der Waals surface area contributed by atoms with E-state index in [1.807, 2.05) is 6.07 Å². The molecule has 0 spiro atoms. The molecule has 0 aliphatic heterocycles. The van der Waals surface area contributed by atoms with Crippen LogP contribution in [0.5, 0.6) is 0 Å². The molecule has 1 amide bonds. The number of nitrogens with zero attached hydrogens (tertiary/aromatic N) is 1. The molecule has 0 unspecified atom stereocenters. The third-order valence-corrected chi connectivity index (χ3v) is 5.33. The number of aromatic amines is 1. The van der Waals surface area contributed by atoms with Crippen LogP contribution in [0.1, 0.15) is 9.67 Å². The number of hydrogen-bond acceptors (Lipinski definition) is 4. The van der Waals surface area contributed by atoms with Crippen molar-refractivity contribution >= 4 is 63.3 Å². The van der Waals surface area contributed by atoms with Gasteiger partial charge in [0, 0.05) is 10.7 Å². The minimum Gasteiger partial charge on any atom is -0.321 e. The third-order valence-electron chi connectivity index (χ3n) is 3.72. The summed E-state index contributed by atoms with van der Waals surface area (Å²) >= 11 is 12.5. The van der Waals surface area contributed by atoms with E-state index in [4.69, 9.17) is 23.8 Å². The quantitative estimate of drug-likeness (QED) is 0.498. The van der Waals surface area contributed by atoms with Crippen molar-refractivity contribution in [2.24, 2.45) is 0 Å². The molecular weight excluding hydrogens is 378 g/mol. The topological polar surface area (TPSA) is 66.4 Å². The summed E-state index contributed by atoms with van der Waals surface area (Å²) in [6.07, 6.45) is 0. The highest BCUT2D eigenvalue weighted by Crippen LogP contribution is 2.24. The second kappa shape index (κ2) is 6.11. The van der Waals surface area contributed by atoms with Crippen LogP contribution in [0.4, 0.5) is 5.69 Å². The normalized spacial score (nSPS) is 11.1. The first-order chi connectivity index (χ1) is 12.0. The van der Waals surface area contributed by atoms with Gasteiger partial charge in [0.05, 0.1) is 10.9 Å². The minimum atomic E-state index is -0.355. The maximum atomic E-state index is 12.7. The third kappa shape index (κ3) is 2.76. The van der Waals surface area contributed by atoms with E-state index in [-0.39, 0.29) is 11.5 Å². The van der Waals surface area contributed by atoms with E-state index < -0.39 is 0 Å². The maximum Gasteiger partial charge on any atom is 0.269 e. The fourth-order valence-corrected chi connectivity index (χ4v) is 4.12. The van der Waals surface area contributed by atoms with Gasteiger partial charge >= 0.3 is 0 Å². The molecule has 2 heterocycles. The summed E-state index contributed by atoms with van der Waals surface area (Å²) in [4.78, 5) is 28.1. The number of thiazole rings is 1. The lowest BCUT2D eigenvalue weighted by molar-refractivity contribution is 0.103. The predicted molar refractivity (Wildman–Crippen MR) is 104 cm³/mol. The van der Waals surface area contributed by atoms with Gasteiger partial charge in [-0.1, -0.05) is 41.1 Å². The first-order valence-corrected chi connectivity index (χ1v) is 8.88. The molecule has 4 aromatic rings. The molecule has 0 fully saturated rings. The highest BCUT2D eigenvalue weighted by atomic mass is 35.5. The predicted octanol–water partition coefficient (Wildman–Crippen LogP) is 4.48. The lowest BCUT2D eigenvalue weighted by Gasteiger charge is -2.05. The average molecular weight is 388 g/mol. The van der Waals surface area contributed by atoms with Crippen molar-refractivity contribution < 1.29 is 4.79 Å². The van der Waals surface area contributed by atoms with Gasteiger partial charge in [0.25, 0.3) is 11.5 Å². The first kappa shape index (κ1) is 16.0. The van der Waals surface area contributed by atoms with Crippen LogP contribution in [-0.2, 0) is 0 Å². The molecule has 2 N–H and O–H groups in total. The SMILES string of the molecule is O=C(Nc1cccc(Cl)c1)c1sc(=S)n2c1[nH]c(=O)c1ccccc12. The van der Waals surface area contributed by atoms with Crippen LogP contribution in [0.15, 0.2) is 53.3 Å². The van der Waals surface area contributed by atoms with Crippen LogP contribution in [0.25, 0.3) is 16.6 Å². The van der Waals surface area contributed by atoms with Gasteiger partial charge in [0.2, 0.25) is 0 Å². The van der Waals surface area contributed by atoms with Crippen molar-refractivity contribution in [2.75, 3.05) is 5.32 Å². The van der Waals surface area contributed by atoms with Crippen molar-refractivity contribution in [1.29, 1.82) is 0 Å². The van der Waals surface area contributed by atoms with E-state index in [1.54, 1.807) is 46.9 Å². The number of amides is 1. The molecular formula is C17H10ClN3O2S2. The molecule has 0 atom stereocenters. The fraction of sp³-hybridized carbons (Fsp3) is 0. The standard InChI is InChI=1S/C17H10ClN3O2S2/c18-9-4-3-5-10(8-9)19-16(23)13-14-20-15(22)11-6-1-2-7-12(11)21(14)17(24)25-13/h1-8H,(H,19,23)(H,20,22). The lowest BCUT2D eigenvalue weighted by atomic mass is 10.2. The van der Waals surface area contributed by atoms with Gasteiger partial charge in [-0.2, -0.15) is 0 Å². The van der Waals surface area contributed by atoms with Crippen LogP contribution >= 0.6 is 35.2 Å². The second-order valence-electron chi connectivity index (χ2n) is 5.32. The molecule has 0 saturated heterocycles. The molecule has 0 bridgehead atoms. The molecule has 5 nitrogen and oxygen atoms in total. The van der Waals surface area contributed by atoms with E-state index in [2.05, 4.69) is 10.3 Å². The Balaban J connectivity index is 1.90. The molecule has 0 aliphatic rings. The maximum absolute atomic E-state index is 12.7. The van der Waals surface area contributed by atoms with E-state index in [9.17, 15) is 9.59 Å². The van der Waals surface area contributed by atoms with Crippen molar-refractivity contribution in [3.8, 4) is 0 Å². The van der Waals surface area contributed by atoms with Crippen molar-refractivity contribution in [3.63, 3.8) is 0 Å². The largest absolute Gasteiger partial charge is 0.321 e. The van der Waals surface area contributed by atoms with E-state index in [0.717, 1.165) is 11.3 Å². The number of anilines is 1. The summed E-state index contributed by atoms with van der Waals surface area (Å²) in [7, 11) is 0. The summed E-state index contributed by atoms with van der Waals surface area (Å²) in [5.41, 5.74) is 1.36. The Labute approximate surface area is 155 Å². The van der Waals surface area contributed by atoms with Gasteiger partial charge in [0.1, 0.15) is 10.5 Å². The summed E-state index contributed by atoms with van der Waals surface area (Å²) < 4.78 is 2.20. The number of H-pyrrole nitrogens is 1. The number of rotatable bonds is 2. The number of fused-ring (bicyclic) bond motifs is 3. The van der Waals surface area contributed by atoms with Crippen molar-refractivity contribution in [2.45, 2.75) is 0 Å². The van der Waals surface area contributed by atoms with Crippen molar-refractivity contribution in [1.82, 2.24) is 9.38 Å². The summed E-state index contributed by atoms with van der Waals surface area (Å²) in [5.74, 6) is -0.355. The van der Waals surface area contributed by atoms with Gasteiger partial charge < -0.3 is 10.3 Å². The number of hydrogen-bond donors (Lipinski definition) is 2. The molecule has 4 rings (SSSR count). The molecule has 25 heavy (non-hydrogen) atoms. The molecule has 124 valence electrons. The molecule has 8 heteroatoms. The number of carbonyl (C=O) groups is 1. The number of nitrogens with one attached hydrogen (secondary N) is 2. The smallest absolute Gasteiger partial charge is 0.269 e. The minimum absolute atomic E-state index is 0.264. The van der Waals surface area contributed by atoms with E-state index in [1.165, 1.54) is 0 Å². The van der Waals surface area contributed by atoms with Crippen molar-refractivity contribution in [3.05, 3.63) is 72.7 Å². The number of benzene rings is 2. The van der Waals surface area contributed by atoms with Crippen LogP contribution in [0, 0.1) is 3.95 Å². The Morgan fingerprint density at radius 1 is 1.20 bits per heavy atom. The number of carbonyl (C=O) groups excluding carboxylic acids is 1. The monoisotopic (exact) mass is 387 g/mol. The Hall–Kier alpha value is -2.48.